The van der Waals surface area contributed by atoms with Crippen molar-refractivity contribution in [1.29, 1.82) is 0 Å². The highest BCUT2D eigenvalue weighted by atomic mass is 19.2. The van der Waals surface area contributed by atoms with Gasteiger partial charge in [0.25, 0.3) is 11.8 Å². The van der Waals surface area contributed by atoms with Gasteiger partial charge in [0.05, 0.1) is 6.04 Å². The van der Waals surface area contributed by atoms with Crippen LogP contribution in [0.2, 0.25) is 0 Å². The van der Waals surface area contributed by atoms with E-state index in [2.05, 4.69) is 5.32 Å². The van der Waals surface area contributed by atoms with E-state index in [1.54, 1.807) is 4.90 Å². The molecule has 4 aliphatic rings. The molecular weight excluding hydrogens is 427 g/mol. The van der Waals surface area contributed by atoms with Crippen LogP contribution in [0.3, 0.4) is 0 Å². The highest BCUT2D eigenvalue weighted by Crippen LogP contribution is 2.64. The zero-order valence-corrected chi connectivity index (χ0v) is 16.6. The Morgan fingerprint density at radius 3 is 2.53 bits per heavy atom. The molecule has 0 spiro atoms. The fourth-order valence-electron chi connectivity index (χ4n) is 6.01. The molecule has 2 unspecified atom stereocenters. The number of carbonyl (C=O) groups excluding carboxylic acids is 2. The largest absolute Gasteiger partial charge is 0.503 e. The number of aromatic hydroxyl groups is 1. The molecule has 0 radical (unpaired) electrons. The predicted octanol–water partition coefficient (Wildman–Crippen LogP) is 1.76. The summed E-state index contributed by atoms with van der Waals surface area (Å²) in [5.41, 5.74) is -1.85. The lowest BCUT2D eigenvalue weighted by Gasteiger charge is -2.40. The van der Waals surface area contributed by atoms with Crippen molar-refractivity contribution < 1.29 is 27.9 Å². The molecule has 6 rings (SSSR count). The quantitative estimate of drug-likeness (QED) is 0.705. The van der Waals surface area contributed by atoms with Crippen molar-refractivity contribution in [2.45, 2.75) is 38.0 Å². The zero-order chi connectivity index (χ0) is 22.5. The van der Waals surface area contributed by atoms with Crippen molar-refractivity contribution >= 4 is 11.8 Å². The molecule has 7 nitrogen and oxygen atoms in total. The molecule has 2 bridgehead atoms. The smallest absolute Gasteiger partial charge is 0.275 e. The lowest BCUT2D eigenvalue weighted by Crippen LogP contribution is -2.53. The SMILES string of the molecule is O=C(NCc1cc(F)c(F)cc1F)c1cn2c(c(O)c1=O)C(=O)N1C(C2)C2C[C@@H]1[C@@H]1C[C@H]21. The maximum absolute atomic E-state index is 13.8. The molecule has 5 atom stereocenters. The van der Waals surface area contributed by atoms with E-state index in [1.165, 1.54) is 10.8 Å². The van der Waals surface area contributed by atoms with Gasteiger partial charge in [0, 0.05) is 37.0 Å². The Morgan fingerprint density at radius 1 is 1.03 bits per heavy atom. The Morgan fingerprint density at radius 2 is 1.75 bits per heavy atom. The van der Waals surface area contributed by atoms with Crippen LogP contribution in [-0.4, -0.2) is 38.5 Å². The van der Waals surface area contributed by atoms with E-state index in [0.29, 0.717) is 36.4 Å². The van der Waals surface area contributed by atoms with E-state index in [0.717, 1.165) is 12.8 Å². The first-order valence-corrected chi connectivity index (χ1v) is 10.5. The fourth-order valence-corrected chi connectivity index (χ4v) is 6.01. The van der Waals surface area contributed by atoms with Gasteiger partial charge in [-0.05, 0) is 36.7 Å². The minimum Gasteiger partial charge on any atom is -0.503 e. The summed E-state index contributed by atoms with van der Waals surface area (Å²) in [6.45, 7) is -0.122. The number of nitrogens with zero attached hydrogens (tertiary/aromatic N) is 2. The van der Waals surface area contributed by atoms with Gasteiger partial charge in [0.15, 0.2) is 23.1 Å². The Hall–Kier alpha value is -3.30. The number of amides is 2. The molecule has 32 heavy (non-hydrogen) atoms. The number of nitrogens with one attached hydrogen (secondary N) is 1. The van der Waals surface area contributed by atoms with Gasteiger partial charge >= 0.3 is 0 Å². The number of pyridine rings is 1. The van der Waals surface area contributed by atoms with Crippen LogP contribution in [0.5, 0.6) is 5.75 Å². The van der Waals surface area contributed by atoms with Crippen molar-refractivity contribution in [3.63, 3.8) is 0 Å². The van der Waals surface area contributed by atoms with E-state index >= 15 is 0 Å². The number of piperidine rings is 1. The molecule has 1 saturated heterocycles. The fraction of sp³-hybridized carbons (Fsp3) is 0.409. The summed E-state index contributed by atoms with van der Waals surface area (Å²) in [5, 5.41) is 12.8. The van der Waals surface area contributed by atoms with Gasteiger partial charge in [0.1, 0.15) is 11.4 Å². The predicted molar refractivity (Wildman–Crippen MR) is 103 cm³/mol. The summed E-state index contributed by atoms with van der Waals surface area (Å²) in [4.78, 5) is 40.2. The topological polar surface area (TPSA) is 91.6 Å². The standard InChI is InChI=1S/C22H18F3N3O4/c23-13-4-15(25)14(24)1-8(13)5-26-21(31)12-6-27-7-17-11-3-16(10-2-9(10)11)28(17)22(32)18(27)20(30)19(12)29/h1,4,6,9-11,16-17,30H,2-3,5,7H2,(H,26,31)/t9-,10+,11?,16+,17?/m0/s1. The Balaban J connectivity index is 1.30. The number of fused-ring (bicyclic) bond motifs is 9. The number of hydrogen-bond acceptors (Lipinski definition) is 4. The second-order valence-electron chi connectivity index (χ2n) is 9.07. The molecule has 2 aliphatic carbocycles. The molecule has 166 valence electrons. The summed E-state index contributed by atoms with van der Waals surface area (Å²) in [6.07, 6.45) is 3.27. The number of aromatic nitrogens is 1. The average molecular weight is 445 g/mol. The Labute approximate surface area is 179 Å². The van der Waals surface area contributed by atoms with Crippen molar-refractivity contribution in [2.24, 2.45) is 17.8 Å². The number of rotatable bonds is 3. The molecule has 3 fully saturated rings. The maximum atomic E-state index is 13.8. The first kappa shape index (κ1) is 19.4. The van der Waals surface area contributed by atoms with Crippen LogP contribution < -0.4 is 10.7 Å². The third-order valence-electron chi connectivity index (χ3n) is 7.51. The normalized spacial score (nSPS) is 28.9. The molecule has 3 heterocycles. The zero-order valence-electron chi connectivity index (χ0n) is 16.6. The monoisotopic (exact) mass is 445 g/mol. The van der Waals surface area contributed by atoms with Crippen LogP contribution >= 0.6 is 0 Å². The molecule has 2 aromatic rings. The number of hydrogen-bond donors (Lipinski definition) is 2. The van der Waals surface area contributed by atoms with Gasteiger partial charge < -0.3 is 19.9 Å². The lowest BCUT2D eigenvalue weighted by atomic mass is 9.94. The van der Waals surface area contributed by atoms with E-state index < -0.39 is 52.6 Å². The average Bonchev–Trinajstić information content (AvgIpc) is 3.37. The van der Waals surface area contributed by atoms with Gasteiger partial charge in [-0.25, -0.2) is 13.2 Å². The summed E-state index contributed by atoms with van der Waals surface area (Å²) in [6, 6.07) is 1.11. The highest BCUT2D eigenvalue weighted by Gasteiger charge is 2.66. The van der Waals surface area contributed by atoms with Crippen molar-refractivity contribution in [1.82, 2.24) is 14.8 Å². The summed E-state index contributed by atoms with van der Waals surface area (Å²) < 4.78 is 41.7. The van der Waals surface area contributed by atoms with Gasteiger partial charge in [-0.3, -0.25) is 14.4 Å². The molecule has 2 amide bonds. The highest BCUT2D eigenvalue weighted by molar-refractivity contribution is 5.99. The Bertz CT molecular complexity index is 1280. The summed E-state index contributed by atoms with van der Waals surface area (Å²) in [7, 11) is 0. The van der Waals surface area contributed by atoms with Crippen LogP contribution in [0.4, 0.5) is 13.2 Å². The van der Waals surface area contributed by atoms with Crippen molar-refractivity contribution in [3.8, 4) is 5.75 Å². The van der Waals surface area contributed by atoms with Gasteiger partial charge in [0.2, 0.25) is 5.43 Å². The minimum atomic E-state index is -1.35. The molecule has 1 aromatic carbocycles. The van der Waals surface area contributed by atoms with Gasteiger partial charge in [-0.15, -0.1) is 0 Å². The van der Waals surface area contributed by atoms with E-state index in [9.17, 15) is 32.7 Å². The third kappa shape index (κ3) is 2.52. The van der Waals surface area contributed by atoms with E-state index in [-0.39, 0.29) is 23.3 Å². The molecule has 10 heteroatoms. The van der Waals surface area contributed by atoms with Crippen LogP contribution in [0.25, 0.3) is 0 Å². The lowest BCUT2D eigenvalue weighted by molar-refractivity contribution is 0.0465. The summed E-state index contributed by atoms with van der Waals surface area (Å²) >= 11 is 0. The van der Waals surface area contributed by atoms with Crippen LogP contribution in [0.1, 0.15) is 39.3 Å². The second kappa shape index (κ2) is 6.36. The molecule has 2 N–H and O–H groups in total. The summed E-state index contributed by atoms with van der Waals surface area (Å²) in [5.74, 6) is -4.26. The minimum absolute atomic E-state index is 0.0298. The molecule has 2 aliphatic heterocycles. The first-order chi connectivity index (χ1) is 15.3. The second-order valence-corrected chi connectivity index (χ2v) is 9.07. The van der Waals surface area contributed by atoms with E-state index in [4.69, 9.17) is 0 Å². The van der Waals surface area contributed by atoms with Crippen molar-refractivity contribution in [3.05, 3.63) is 62.8 Å². The maximum Gasteiger partial charge on any atom is 0.275 e. The van der Waals surface area contributed by atoms with E-state index in [1.807, 2.05) is 0 Å². The van der Waals surface area contributed by atoms with Crippen LogP contribution in [-0.2, 0) is 13.1 Å². The molecule has 2 saturated carbocycles. The number of carbonyl (C=O) groups is 2. The first-order valence-electron chi connectivity index (χ1n) is 10.5. The molecular formula is C22H18F3N3O4. The van der Waals surface area contributed by atoms with Gasteiger partial charge in [-0.1, -0.05) is 0 Å². The van der Waals surface area contributed by atoms with Crippen molar-refractivity contribution in [2.75, 3.05) is 0 Å². The van der Waals surface area contributed by atoms with Gasteiger partial charge in [-0.2, -0.15) is 0 Å². The third-order valence-corrected chi connectivity index (χ3v) is 7.51. The van der Waals surface area contributed by atoms with Crippen LogP contribution in [0, 0.1) is 35.2 Å². The molecule has 1 aromatic heterocycles. The number of benzene rings is 1. The Kier molecular flexibility index (Phi) is 3.86. The van der Waals surface area contributed by atoms with Crippen LogP contribution in [0.15, 0.2) is 23.1 Å². The number of halogens is 3.